The van der Waals surface area contributed by atoms with Crippen molar-refractivity contribution in [1.82, 2.24) is 15.5 Å². The highest BCUT2D eigenvalue weighted by Gasteiger charge is 2.10. The van der Waals surface area contributed by atoms with Gasteiger partial charge in [0.2, 0.25) is 0 Å². The van der Waals surface area contributed by atoms with E-state index in [1.54, 1.807) is 18.3 Å². The first-order valence-corrected chi connectivity index (χ1v) is 5.71. The third kappa shape index (κ3) is 2.51. The Morgan fingerprint density at radius 3 is 2.89 bits per heavy atom. The molecule has 0 aliphatic rings. The molecule has 5 nitrogen and oxygen atoms in total. The van der Waals surface area contributed by atoms with E-state index in [9.17, 15) is 4.79 Å². The smallest absolute Gasteiger partial charge is 0.253 e. The molecular formula is C13H16N4O. The lowest BCUT2D eigenvalue weighted by molar-refractivity contribution is 0.0951. The first-order valence-electron chi connectivity index (χ1n) is 5.71. The Morgan fingerprint density at radius 1 is 1.44 bits per heavy atom. The molecule has 0 spiro atoms. The maximum Gasteiger partial charge on any atom is 0.253 e. The molecule has 1 amide bonds. The lowest BCUT2D eigenvalue weighted by atomic mass is 10.1. The van der Waals surface area contributed by atoms with Crippen LogP contribution in [-0.4, -0.2) is 16.1 Å². The summed E-state index contributed by atoms with van der Waals surface area (Å²) in [6.45, 7) is 4.28. The standard InChI is InChI=1S/C13H16N4O/c1-8-3-4-12(14)11(5-8)13(18)15-6-10-7-16-17-9(10)2/h3-5,7H,6,14H2,1-2H3,(H,15,18)(H,16,17). The van der Waals surface area contributed by atoms with Gasteiger partial charge in [0.15, 0.2) is 0 Å². The van der Waals surface area contributed by atoms with E-state index in [-0.39, 0.29) is 5.91 Å². The fraction of sp³-hybridized carbons (Fsp3) is 0.231. The summed E-state index contributed by atoms with van der Waals surface area (Å²) >= 11 is 0. The van der Waals surface area contributed by atoms with Crippen LogP contribution in [0.2, 0.25) is 0 Å². The Bertz CT molecular complexity index is 574. The van der Waals surface area contributed by atoms with Crippen molar-refractivity contribution >= 4 is 11.6 Å². The van der Waals surface area contributed by atoms with Gasteiger partial charge < -0.3 is 11.1 Å². The second-order valence-electron chi connectivity index (χ2n) is 4.29. The van der Waals surface area contributed by atoms with Gasteiger partial charge >= 0.3 is 0 Å². The lowest BCUT2D eigenvalue weighted by Crippen LogP contribution is -2.24. The number of H-pyrrole nitrogens is 1. The fourth-order valence-corrected chi connectivity index (χ4v) is 1.69. The Hall–Kier alpha value is -2.30. The van der Waals surface area contributed by atoms with Crippen LogP contribution >= 0.6 is 0 Å². The molecule has 2 rings (SSSR count). The number of benzene rings is 1. The second-order valence-corrected chi connectivity index (χ2v) is 4.29. The van der Waals surface area contributed by atoms with Gasteiger partial charge in [-0.3, -0.25) is 9.89 Å². The first kappa shape index (κ1) is 12.2. The minimum Gasteiger partial charge on any atom is -0.398 e. The number of nitrogen functional groups attached to an aromatic ring is 1. The molecule has 1 heterocycles. The highest BCUT2D eigenvalue weighted by atomic mass is 16.1. The monoisotopic (exact) mass is 244 g/mol. The van der Waals surface area contributed by atoms with Crippen LogP contribution in [0.25, 0.3) is 0 Å². The number of carbonyl (C=O) groups excluding carboxylic acids is 1. The van der Waals surface area contributed by atoms with Crippen LogP contribution in [-0.2, 0) is 6.54 Å². The lowest BCUT2D eigenvalue weighted by Gasteiger charge is -2.08. The summed E-state index contributed by atoms with van der Waals surface area (Å²) in [7, 11) is 0. The number of amides is 1. The number of hydrogen-bond donors (Lipinski definition) is 3. The maximum absolute atomic E-state index is 12.0. The van der Waals surface area contributed by atoms with Gasteiger partial charge in [-0.15, -0.1) is 0 Å². The third-order valence-electron chi connectivity index (χ3n) is 2.83. The molecule has 0 unspecified atom stereocenters. The zero-order valence-corrected chi connectivity index (χ0v) is 10.4. The van der Waals surface area contributed by atoms with Crippen molar-refractivity contribution in [3.05, 3.63) is 46.8 Å². The molecule has 0 aliphatic heterocycles. The van der Waals surface area contributed by atoms with Gasteiger partial charge in [-0.1, -0.05) is 11.6 Å². The molecular weight excluding hydrogens is 228 g/mol. The SMILES string of the molecule is Cc1ccc(N)c(C(=O)NCc2cn[nH]c2C)c1. The summed E-state index contributed by atoms with van der Waals surface area (Å²) in [5.41, 5.74) is 9.71. The van der Waals surface area contributed by atoms with Crippen LogP contribution < -0.4 is 11.1 Å². The van der Waals surface area contributed by atoms with Gasteiger partial charge in [-0.05, 0) is 26.0 Å². The van der Waals surface area contributed by atoms with Gasteiger partial charge in [0.1, 0.15) is 0 Å². The van der Waals surface area contributed by atoms with Crippen LogP contribution in [0.1, 0.15) is 27.2 Å². The molecule has 5 heteroatoms. The summed E-state index contributed by atoms with van der Waals surface area (Å²) in [4.78, 5) is 12.0. The topological polar surface area (TPSA) is 83.8 Å². The number of rotatable bonds is 3. The van der Waals surface area contributed by atoms with E-state index in [1.165, 1.54) is 0 Å². The summed E-state index contributed by atoms with van der Waals surface area (Å²) in [5.74, 6) is -0.170. The van der Waals surface area contributed by atoms with E-state index >= 15 is 0 Å². The number of anilines is 1. The van der Waals surface area contributed by atoms with Gasteiger partial charge in [-0.2, -0.15) is 5.10 Å². The summed E-state index contributed by atoms with van der Waals surface area (Å²) in [6, 6.07) is 5.41. The minimum atomic E-state index is -0.170. The zero-order chi connectivity index (χ0) is 13.1. The molecule has 18 heavy (non-hydrogen) atoms. The Balaban J connectivity index is 2.08. The van der Waals surface area contributed by atoms with Crippen molar-refractivity contribution in [2.75, 3.05) is 5.73 Å². The highest BCUT2D eigenvalue weighted by Crippen LogP contribution is 2.13. The molecule has 0 saturated heterocycles. The highest BCUT2D eigenvalue weighted by molar-refractivity contribution is 5.99. The summed E-state index contributed by atoms with van der Waals surface area (Å²) in [6.07, 6.45) is 1.70. The van der Waals surface area contributed by atoms with Crippen LogP contribution in [0, 0.1) is 13.8 Å². The van der Waals surface area contributed by atoms with Gasteiger partial charge in [0.25, 0.3) is 5.91 Å². The molecule has 1 aromatic heterocycles. The molecule has 2 aromatic rings. The predicted octanol–water partition coefficient (Wildman–Crippen LogP) is 1.54. The number of aromatic amines is 1. The van der Waals surface area contributed by atoms with Crippen LogP contribution in [0.3, 0.4) is 0 Å². The molecule has 0 atom stereocenters. The number of aromatic nitrogens is 2. The Morgan fingerprint density at radius 2 is 2.22 bits per heavy atom. The Labute approximate surface area is 105 Å². The van der Waals surface area contributed by atoms with E-state index in [2.05, 4.69) is 15.5 Å². The molecule has 0 radical (unpaired) electrons. The minimum absolute atomic E-state index is 0.170. The molecule has 4 N–H and O–H groups in total. The average molecular weight is 244 g/mol. The Kier molecular flexibility index (Phi) is 3.32. The van der Waals surface area contributed by atoms with Crippen LogP contribution in [0.4, 0.5) is 5.69 Å². The molecule has 0 aliphatic carbocycles. The molecule has 94 valence electrons. The molecule has 0 fully saturated rings. The van der Waals surface area contributed by atoms with E-state index in [4.69, 9.17) is 5.73 Å². The van der Waals surface area contributed by atoms with Crippen LogP contribution in [0.5, 0.6) is 0 Å². The van der Waals surface area contributed by atoms with Crippen molar-refractivity contribution in [3.8, 4) is 0 Å². The number of hydrogen-bond acceptors (Lipinski definition) is 3. The van der Waals surface area contributed by atoms with E-state index in [0.29, 0.717) is 17.8 Å². The second kappa shape index (κ2) is 4.91. The number of nitrogens with two attached hydrogens (primary N) is 1. The molecule has 1 aromatic carbocycles. The van der Waals surface area contributed by atoms with E-state index in [0.717, 1.165) is 16.8 Å². The van der Waals surface area contributed by atoms with Crippen molar-refractivity contribution in [2.45, 2.75) is 20.4 Å². The fourth-order valence-electron chi connectivity index (χ4n) is 1.69. The summed E-state index contributed by atoms with van der Waals surface area (Å²) in [5, 5.41) is 9.56. The molecule has 0 saturated carbocycles. The van der Waals surface area contributed by atoms with E-state index < -0.39 is 0 Å². The largest absolute Gasteiger partial charge is 0.398 e. The molecule has 0 bridgehead atoms. The quantitative estimate of drug-likeness (QED) is 0.716. The van der Waals surface area contributed by atoms with Crippen molar-refractivity contribution in [1.29, 1.82) is 0 Å². The zero-order valence-electron chi connectivity index (χ0n) is 10.4. The van der Waals surface area contributed by atoms with Crippen LogP contribution in [0.15, 0.2) is 24.4 Å². The maximum atomic E-state index is 12.0. The number of aryl methyl sites for hydroxylation is 2. The van der Waals surface area contributed by atoms with Gasteiger partial charge in [-0.25, -0.2) is 0 Å². The summed E-state index contributed by atoms with van der Waals surface area (Å²) < 4.78 is 0. The average Bonchev–Trinajstić information content (AvgIpc) is 2.75. The van der Waals surface area contributed by atoms with E-state index in [1.807, 2.05) is 19.9 Å². The van der Waals surface area contributed by atoms with Crippen molar-refractivity contribution in [2.24, 2.45) is 0 Å². The third-order valence-corrected chi connectivity index (χ3v) is 2.83. The van der Waals surface area contributed by atoms with Gasteiger partial charge in [0, 0.05) is 23.5 Å². The number of nitrogens with one attached hydrogen (secondary N) is 2. The van der Waals surface area contributed by atoms with Crippen molar-refractivity contribution < 1.29 is 4.79 Å². The number of nitrogens with zero attached hydrogens (tertiary/aromatic N) is 1. The number of carbonyl (C=O) groups is 1. The predicted molar refractivity (Wildman–Crippen MR) is 70.1 cm³/mol. The van der Waals surface area contributed by atoms with Gasteiger partial charge in [0.05, 0.1) is 11.8 Å². The van der Waals surface area contributed by atoms with Crippen molar-refractivity contribution in [3.63, 3.8) is 0 Å². The first-order chi connectivity index (χ1) is 8.58. The normalized spacial score (nSPS) is 10.3.